The second-order valence-electron chi connectivity index (χ2n) is 5.11. The third-order valence-corrected chi connectivity index (χ3v) is 4.06. The van der Waals surface area contributed by atoms with Gasteiger partial charge in [0.15, 0.2) is 0 Å². The summed E-state index contributed by atoms with van der Waals surface area (Å²) in [6.07, 6.45) is 6.37. The molecule has 1 aromatic rings. The Kier molecular flexibility index (Phi) is 4.23. The Morgan fingerprint density at radius 2 is 2.17 bits per heavy atom. The topological polar surface area (TPSA) is 33.2 Å². The Balaban J connectivity index is 2.13. The molecule has 0 N–H and O–H groups in total. The molecule has 0 bridgehead atoms. The lowest BCUT2D eigenvalue weighted by Crippen LogP contribution is -2.42. The molecule has 1 amide bonds. The standard InChI is InChI=1S/C14H19ClN2O/c1-10-5-3-4-6-12(10)17(2)14(18)11-7-8-16-13(15)9-11/h7-10,12H,3-6H2,1-2H3. The molecule has 1 saturated carbocycles. The van der Waals surface area contributed by atoms with E-state index in [0.29, 0.717) is 22.7 Å². The zero-order chi connectivity index (χ0) is 13.1. The molecule has 1 fully saturated rings. The predicted octanol–water partition coefficient (Wildman–Crippen LogP) is 3.39. The molecular weight excluding hydrogens is 248 g/mol. The Bertz CT molecular complexity index is 436. The van der Waals surface area contributed by atoms with Gasteiger partial charge in [-0.05, 0) is 30.9 Å². The van der Waals surface area contributed by atoms with Crippen molar-refractivity contribution in [2.45, 2.75) is 38.6 Å². The van der Waals surface area contributed by atoms with Gasteiger partial charge >= 0.3 is 0 Å². The number of carbonyl (C=O) groups excluding carboxylic acids is 1. The molecule has 4 heteroatoms. The van der Waals surface area contributed by atoms with Crippen LogP contribution in [0.1, 0.15) is 43.0 Å². The van der Waals surface area contributed by atoms with Crippen molar-refractivity contribution < 1.29 is 4.79 Å². The minimum Gasteiger partial charge on any atom is -0.338 e. The molecule has 1 heterocycles. The van der Waals surface area contributed by atoms with Crippen LogP contribution in [0.5, 0.6) is 0 Å². The average molecular weight is 267 g/mol. The number of amides is 1. The van der Waals surface area contributed by atoms with Crippen LogP contribution >= 0.6 is 11.6 Å². The first kappa shape index (κ1) is 13.3. The highest BCUT2D eigenvalue weighted by atomic mass is 35.5. The summed E-state index contributed by atoms with van der Waals surface area (Å²) in [5.74, 6) is 0.614. The summed E-state index contributed by atoms with van der Waals surface area (Å²) in [5.41, 5.74) is 0.621. The van der Waals surface area contributed by atoms with Gasteiger partial charge in [-0.2, -0.15) is 0 Å². The minimum atomic E-state index is 0.0399. The van der Waals surface area contributed by atoms with Gasteiger partial charge in [0, 0.05) is 24.8 Å². The molecule has 0 aliphatic heterocycles. The third kappa shape index (κ3) is 2.83. The molecule has 0 saturated heterocycles. The Morgan fingerprint density at radius 1 is 1.44 bits per heavy atom. The summed E-state index contributed by atoms with van der Waals surface area (Å²) in [7, 11) is 1.89. The van der Waals surface area contributed by atoms with Gasteiger partial charge < -0.3 is 4.90 Å². The maximum Gasteiger partial charge on any atom is 0.254 e. The molecule has 2 atom stereocenters. The summed E-state index contributed by atoms with van der Waals surface area (Å²) >= 11 is 5.83. The number of carbonyl (C=O) groups is 1. The van der Waals surface area contributed by atoms with Crippen LogP contribution in [-0.2, 0) is 0 Å². The fourth-order valence-electron chi connectivity index (χ4n) is 2.76. The third-order valence-electron chi connectivity index (χ3n) is 3.86. The first-order chi connectivity index (χ1) is 8.59. The van der Waals surface area contributed by atoms with Crippen molar-refractivity contribution in [3.8, 4) is 0 Å². The first-order valence-electron chi connectivity index (χ1n) is 6.48. The van der Waals surface area contributed by atoms with Gasteiger partial charge in [-0.25, -0.2) is 4.98 Å². The smallest absolute Gasteiger partial charge is 0.254 e. The second kappa shape index (κ2) is 5.70. The molecule has 0 aromatic carbocycles. The van der Waals surface area contributed by atoms with E-state index in [1.54, 1.807) is 18.3 Å². The number of hydrogen-bond donors (Lipinski definition) is 0. The van der Waals surface area contributed by atoms with Crippen LogP contribution in [0.3, 0.4) is 0 Å². The monoisotopic (exact) mass is 266 g/mol. The lowest BCUT2D eigenvalue weighted by molar-refractivity contribution is 0.0629. The van der Waals surface area contributed by atoms with Gasteiger partial charge in [-0.3, -0.25) is 4.79 Å². The van der Waals surface area contributed by atoms with E-state index < -0.39 is 0 Å². The highest BCUT2D eigenvalue weighted by molar-refractivity contribution is 6.29. The molecular formula is C14H19ClN2O. The fraction of sp³-hybridized carbons (Fsp3) is 0.571. The SMILES string of the molecule is CC1CCCCC1N(C)C(=O)c1ccnc(Cl)c1. The molecule has 18 heavy (non-hydrogen) atoms. The molecule has 2 unspecified atom stereocenters. The Labute approximate surface area is 113 Å². The van der Waals surface area contributed by atoms with Crippen molar-refractivity contribution in [3.05, 3.63) is 29.0 Å². The normalized spacial score (nSPS) is 23.7. The van der Waals surface area contributed by atoms with E-state index in [0.717, 1.165) is 6.42 Å². The van der Waals surface area contributed by atoms with Gasteiger partial charge in [0.2, 0.25) is 0 Å². The van der Waals surface area contributed by atoms with Crippen molar-refractivity contribution in [1.82, 2.24) is 9.88 Å². The maximum absolute atomic E-state index is 12.4. The van der Waals surface area contributed by atoms with Crippen LogP contribution in [-0.4, -0.2) is 28.9 Å². The van der Waals surface area contributed by atoms with E-state index in [9.17, 15) is 4.79 Å². The lowest BCUT2D eigenvalue weighted by atomic mass is 9.85. The second-order valence-corrected chi connectivity index (χ2v) is 5.50. The number of pyridine rings is 1. The zero-order valence-electron chi connectivity index (χ0n) is 10.9. The van der Waals surface area contributed by atoms with E-state index in [4.69, 9.17) is 11.6 Å². The van der Waals surface area contributed by atoms with E-state index in [-0.39, 0.29) is 5.91 Å². The van der Waals surface area contributed by atoms with Crippen molar-refractivity contribution >= 4 is 17.5 Å². The fourth-order valence-corrected chi connectivity index (χ4v) is 2.94. The van der Waals surface area contributed by atoms with Gasteiger partial charge in [0.1, 0.15) is 5.15 Å². The van der Waals surface area contributed by atoms with Gasteiger partial charge in [-0.15, -0.1) is 0 Å². The van der Waals surface area contributed by atoms with Crippen LogP contribution in [0.25, 0.3) is 0 Å². The highest BCUT2D eigenvalue weighted by Gasteiger charge is 2.28. The van der Waals surface area contributed by atoms with Crippen molar-refractivity contribution in [2.75, 3.05) is 7.05 Å². The van der Waals surface area contributed by atoms with E-state index >= 15 is 0 Å². The summed E-state index contributed by atoms with van der Waals surface area (Å²) in [5, 5.41) is 0.367. The Hall–Kier alpha value is -1.09. The summed E-state index contributed by atoms with van der Waals surface area (Å²) in [4.78, 5) is 18.2. The molecule has 1 aliphatic rings. The van der Waals surface area contributed by atoms with Crippen molar-refractivity contribution in [2.24, 2.45) is 5.92 Å². The maximum atomic E-state index is 12.4. The number of aromatic nitrogens is 1. The predicted molar refractivity (Wildman–Crippen MR) is 72.8 cm³/mol. The zero-order valence-corrected chi connectivity index (χ0v) is 11.7. The van der Waals surface area contributed by atoms with Crippen LogP contribution < -0.4 is 0 Å². The molecule has 0 spiro atoms. The lowest BCUT2D eigenvalue weighted by Gasteiger charge is -2.36. The molecule has 0 radical (unpaired) electrons. The highest BCUT2D eigenvalue weighted by Crippen LogP contribution is 2.28. The quantitative estimate of drug-likeness (QED) is 0.769. The van der Waals surface area contributed by atoms with Gasteiger partial charge in [0.25, 0.3) is 5.91 Å². The first-order valence-corrected chi connectivity index (χ1v) is 6.86. The molecule has 98 valence electrons. The number of rotatable bonds is 2. The summed E-state index contributed by atoms with van der Waals surface area (Å²) in [6.45, 7) is 2.23. The van der Waals surface area contributed by atoms with Crippen LogP contribution in [0.15, 0.2) is 18.3 Å². The van der Waals surface area contributed by atoms with Crippen LogP contribution in [0.4, 0.5) is 0 Å². The van der Waals surface area contributed by atoms with E-state index in [1.807, 2.05) is 11.9 Å². The number of nitrogens with zero attached hydrogens (tertiary/aromatic N) is 2. The average Bonchev–Trinajstić information content (AvgIpc) is 2.37. The molecule has 1 aliphatic carbocycles. The summed E-state index contributed by atoms with van der Waals surface area (Å²) in [6, 6.07) is 3.70. The van der Waals surface area contributed by atoms with E-state index in [2.05, 4.69) is 11.9 Å². The van der Waals surface area contributed by atoms with Crippen LogP contribution in [0.2, 0.25) is 5.15 Å². The summed E-state index contributed by atoms with van der Waals surface area (Å²) < 4.78 is 0. The largest absolute Gasteiger partial charge is 0.338 e. The van der Waals surface area contributed by atoms with Crippen molar-refractivity contribution in [1.29, 1.82) is 0 Å². The molecule has 3 nitrogen and oxygen atoms in total. The van der Waals surface area contributed by atoms with Crippen molar-refractivity contribution in [3.63, 3.8) is 0 Å². The number of hydrogen-bond acceptors (Lipinski definition) is 2. The minimum absolute atomic E-state index is 0.0399. The Morgan fingerprint density at radius 3 is 2.83 bits per heavy atom. The molecule has 2 rings (SSSR count). The molecule has 1 aromatic heterocycles. The van der Waals surface area contributed by atoms with Gasteiger partial charge in [-0.1, -0.05) is 31.4 Å². The number of halogens is 1. The van der Waals surface area contributed by atoms with Gasteiger partial charge in [0.05, 0.1) is 0 Å². The van der Waals surface area contributed by atoms with Crippen LogP contribution in [0, 0.1) is 5.92 Å². The van der Waals surface area contributed by atoms with E-state index in [1.165, 1.54) is 19.3 Å².